The number of carbonyl (C=O) groups is 2. The van der Waals surface area contributed by atoms with Gasteiger partial charge in [-0.1, -0.05) is 18.6 Å². The molecule has 6 nitrogen and oxygen atoms in total. The Kier molecular flexibility index (Phi) is 4.24. The second kappa shape index (κ2) is 6.13. The number of carbonyl (C=O) groups excluding carboxylic acids is 2. The van der Waals surface area contributed by atoms with E-state index in [0.29, 0.717) is 19.3 Å². The predicted octanol–water partition coefficient (Wildman–Crippen LogP) is 2.42. The molecule has 5 aliphatic rings. The number of rotatable bonds is 2. The molecule has 1 saturated heterocycles. The summed E-state index contributed by atoms with van der Waals surface area (Å²) in [7, 11) is 0. The smallest absolute Gasteiger partial charge is 0.193 e. The lowest BCUT2D eigenvalue weighted by Gasteiger charge is -2.62. The summed E-state index contributed by atoms with van der Waals surface area (Å²) in [6.45, 7) is 6.41. The standard InChI is InChI=1S/C24H31FO6/c1-20(2)30-19-10-16-15-6-5-13-9-14(27)7-8-21(13,3)23(15,25)17(28)11-22(16,4)24(19,31-20)18(29)12-26/h7-9,15-17,19,26,28H,5-6,10-12H2,1-4H3/t15-,16-,17+,19+,21+,22-,23-,24+/m1/s1. The molecule has 0 aromatic heterocycles. The number of alkyl halides is 1. The van der Waals surface area contributed by atoms with Crippen LogP contribution in [0, 0.1) is 22.7 Å². The monoisotopic (exact) mass is 434 g/mol. The molecule has 5 rings (SSSR count). The molecule has 0 aromatic rings. The summed E-state index contributed by atoms with van der Waals surface area (Å²) in [5, 5.41) is 21.2. The summed E-state index contributed by atoms with van der Waals surface area (Å²) in [6.07, 6.45) is 4.00. The van der Waals surface area contributed by atoms with Crippen LogP contribution in [0.1, 0.15) is 53.4 Å². The van der Waals surface area contributed by atoms with Crippen molar-refractivity contribution in [3.05, 3.63) is 23.8 Å². The number of ether oxygens (including phenoxy) is 2. The van der Waals surface area contributed by atoms with Crippen LogP contribution in [0.5, 0.6) is 0 Å². The van der Waals surface area contributed by atoms with E-state index in [0.717, 1.165) is 5.57 Å². The minimum absolute atomic E-state index is 0.0109. The molecule has 4 aliphatic carbocycles. The van der Waals surface area contributed by atoms with Crippen molar-refractivity contribution in [3.63, 3.8) is 0 Å². The van der Waals surface area contributed by atoms with E-state index < -0.39 is 58.4 Å². The van der Waals surface area contributed by atoms with E-state index in [9.17, 15) is 19.8 Å². The SMILES string of the molecule is CC1(C)O[C@H]2C[C@@H]3[C@H]4CCC5=CC(=O)C=C[C@]5(C)[C@]4(F)[C@@H](O)C[C@@]3(C)[C@@]2(C(=O)CO)O1. The third-order valence-corrected chi connectivity index (χ3v) is 9.19. The van der Waals surface area contributed by atoms with Gasteiger partial charge < -0.3 is 19.7 Å². The third-order valence-electron chi connectivity index (χ3n) is 9.19. The molecule has 3 saturated carbocycles. The van der Waals surface area contributed by atoms with Gasteiger partial charge >= 0.3 is 0 Å². The van der Waals surface area contributed by atoms with E-state index in [1.165, 1.54) is 12.2 Å². The van der Waals surface area contributed by atoms with E-state index in [4.69, 9.17) is 9.47 Å². The number of aliphatic hydroxyl groups is 2. The lowest BCUT2D eigenvalue weighted by Crippen LogP contribution is -2.70. The van der Waals surface area contributed by atoms with Crippen molar-refractivity contribution in [1.29, 1.82) is 0 Å². The van der Waals surface area contributed by atoms with Crippen molar-refractivity contribution in [2.24, 2.45) is 22.7 Å². The number of Topliss-reactive ketones (excluding diaryl/α,β-unsaturated/α-hetero) is 1. The Labute approximate surface area is 181 Å². The Morgan fingerprint density at radius 3 is 2.65 bits per heavy atom. The molecule has 0 spiro atoms. The number of allylic oxidation sites excluding steroid dienone is 4. The van der Waals surface area contributed by atoms with Gasteiger partial charge in [-0.3, -0.25) is 9.59 Å². The van der Waals surface area contributed by atoms with Gasteiger partial charge in [0, 0.05) is 16.7 Å². The van der Waals surface area contributed by atoms with Gasteiger partial charge in [0.15, 0.2) is 28.6 Å². The lowest BCUT2D eigenvalue weighted by atomic mass is 9.44. The molecule has 7 heteroatoms. The molecule has 1 aliphatic heterocycles. The second-order valence-corrected chi connectivity index (χ2v) is 10.9. The maximum Gasteiger partial charge on any atom is 0.193 e. The van der Waals surface area contributed by atoms with Gasteiger partial charge in [-0.2, -0.15) is 0 Å². The average molecular weight is 435 g/mol. The summed E-state index contributed by atoms with van der Waals surface area (Å²) in [5.41, 5.74) is -4.66. The Bertz CT molecular complexity index is 925. The van der Waals surface area contributed by atoms with E-state index in [1.54, 1.807) is 26.8 Å². The van der Waals surface area contributed by atoms with E-state index in [-0.39, 0.29) is 18.1 Å². The van der Waals surface area contributed by atoms with Gasteiger partial charge in [0.25, 0.3) is 0 Å². The van der Waals surface area contributed by atoms with Crippen LogP contribution in [0.3, 0.4) is 0 Å². The van der Waals surface area contributed by atoms with E-state index in [1.807, 2.05) is 6.92 Å². The highest BCUT2D eigenvalue weighted by Gasteiger charge is 2.79. The van der Waals surface area contributed by atoms with Crippen LogP contribution < -0.4 is 0 Å². The van der Waals surface area contributed by atoms with Gasteiger partial charge in [0.2, 0.25) is 0 Å². The molecule has 0 aromatic carbocycles. The molecular formula is C24H31FO6. The van der Waals surface area contributed by atoms with Crippen molar-refractivity contribution >= 4 is 11.6 Å². The molecule has 4 fully saturated rings. The first-order valence-electron chi connectivity index (χ1n) is 11.2. The minimum Gasteiger partial charge on any atom is -0.390 e. The molecule has 0 unspecified atom stereocenters. The fraction of sp³-hybridized carbons (Fsp3) is 0.750. The first-order valence-corrected chi connectivity index (χ1v) is 11.2. The first kappa shape index (κ1) is 21.4. The molecule has 0 radical (unpaired) electrons. The van der Waals surface area contributed by atoms with Crippen molar-refractivity contribution < 1.29 is 33.7 Å². The molecule has 2 N–H and O–H groups in total. The van der Waals surface area contributed by atoms with Crippen LogP contribution in [0.2, 0.25) is 0 Å². The summed E-state index contributed by atoms with van der Waals surface area (Å²) in [6, 6.07) is 0. The second-order valence-electron chi connectivity index (χ2n) is 10.9. The van der Waals surface area contributed by atoms with E-state index >= 15 is 4.39 Å². The zero-order chi connectivity index (χ0) is 22.6. The third kappa shape index (κ3) is 2.31. The maximum absolute atomic E-state index is 17.1. The largest absolute Gasteiger partial charge is 0.390 e. The van der Waals surface area contributed by atoms with Gasteiger partial charge in [0.05, 0.1) is 12.2 Å². The number of hydrogen-bond acceptors (Lipinski definition) is 6. The van der Waals surface area contributed by atoms with Crippen molar-refractivity contribution in [1.82, 2.24) is 0 Å². The Morgan fingerprint density at radius 2 is 1.97 bits per heavy atom. The first-order chi connectivity index (χ1) is 14.4. The molecule has 31 heavy (non-hydrogen) atoms. The molecule has 8 atom stereocenters. The maximum atomic E-state index is 17.1. The lowest BCUT2D eigenvalue weighted by molar-refractivity contribution is -0.246. The van der Waals surface area contributed by atoms with Crippen LogP contribution in [-0.4, -0.2) is 57.7 Å². The summed E-state index contributed by atoms with van der Waals surface area (Å²) in [4.78, 5) is 25.1. The Morgan fingerprint density at radius 1 is 1.26 bits per heavy atom. The number of hydrogen-bond donors (Lipinski definition) is 2. The quantitative estimate of drug-likeness (QED) is 0.694. The molecule has 170 valence electrons. The minimum atomic E-state index is -1.98. The Hall–Kier alpha value is -1.41. The zero-order valence-corrected chi connectivity index (χ0v) is 18.5. The van der Waals surface area contributed by atoms with Crippen molar-refractivity contribution in [3.8, 4) is 0 Å². The summed E-state index contributed by atoms with van der Waals surface area (Å²) < 4.78 is 29.5. The van der Waals surface area contributed by atoms with Crippen LogP contribution >= 0.6 is 0 Å². The molecule has 1 heterocycles. The number of aliphatic hydroxyl groups excluding tert-OH is 2. The van der Waals surface area contributed by atoms with Gasteiger partial charge in [-0.15, -0.1) is 0 Å². The van der Waals surface area contributed by atoms with Crippen molar-refractivity contribution in [2.75, 3.05) is 6.61 Å². The van der Waals surface area contributed by atoms with Crippen LogP contribution in [0.25, 0.3) is 0 Å². The van der Waals surface area contributed by atoms with E-state index in [2.05, 4.69) is 0 Å². The topological polar surface area (TPSA) is 93.1 Å². The fourth-order valence-electron chi connectivity index (χ4n) is 7.93. The summed E-state index contributed by atoms with van der Waals surface area (Å²) in [5.74, 6) is -2.46. The molecule has 0 bridgehead atoms. The zero-order valence-electron chi connectivity index (χ0n) is 18.5. The van der Waals surface area contributed by atoms with Gasteiger partial charge in [-0.25, -0.2) is 4.39 Å². The van der Waals surface area contributed by atoms with Gasteiger partial charge in [0.1, 0.15) is 6.61 Å². The highest BCUT2D eigenvalue weighted by atomic mass is 19.1. The highest BCUT2D eigenvalue weighted by molar-refractivity contribution is 6.01. The predicted molar refractivity (Wildman–Crippen MR) is 109 cm³/mol. The summed E-state index contributed by atoms with van der Waals surface area (Å²) >= 11 is 0. The fourth-order valence-corrected chi connectivity index (χ4v) is 7.93. The van der Waals surface area contributed by atoms with Crippen LogP contribution in [0.15, 0.2) is 23.8 Å². The normalized spacial score (nSPS) is 52.1. The van der Waals surface area contributed by atoms with Gasteiger partial charge in [-0.05, 0) is 64.5 Å². The molecule has 0 amide bonds. The Balaban J connectivity index is 1.64. The molecular weight excluding hydrogens is 403 g/mol. The number of fused-ring (bicyclic) bond motifs is 7. The van der Waals surface area contributed by atoms with Crippen LogP contribution in [-0.2, 0) is 19.1 Å². The average Bonchev–Trinajstić information content (AvgIpc) is 3.09. The van der Waals surface area contributed by atoms with Crippen LogP contribution in [0.4, 0.5) is 4.39 Å². The van der Waals surface area contributed by atoms with Crippen molar-refractivity contribution in [2.45, 2.75) is 82.6 Å². The number of halogens is 1. The number of ketones is 2. The highest BCUT2D eigenvalue weighted by Crippen LogP contribution is 2.72.